The molecular weight excluding hydrogens is 298 g/mol. The molecule has 0 aliphatic carbocycles. The van der Waals surface area contributed by atoms with Crippen molar-refractivity contribution in [2.75, 3.05) is 13.2 Å². The normalized spacial score (nSPS) is 24.1. The van der Waals surface area contributed by atoms with Crippen molar-refractivity contribution in [2.24, 2.45) is 5.41 Å². The van der Waals surface area contributed by atoms with E-state index in [1.54, 1.807) is 6.92 Å². The summed E-state index contributed by atoms with van der Waals surface area (Å²) in [4.78, 5) is 12.0. The summed E-state index contributed by atoms with van der Waals surface area (Å²) < 4.78 is 31.5. The maximum Gasteiger partial charge on any atom is 0.273 e. The molecule has 1 unspecified atom stereocenters. The average molecular weight is 310 g/mol. The van der Waals surface area contributed by atoms with Gasteiger partial charge in [0, 0.05) is 6.61 Å². The summed E-state index contributed by atoms with van der Waals surface area (Å²) >= 11 is 6.59. The fourth-order valence-electron chi connectivity index (χ4n) is 1.58. The minimum atomic E-state index is -3.84. The van der Waals surface area contributed by atoms with Gasteiger partial charge in [-0.3, -0.25) is 4.79 Å². The summed E-state index contributed by atoms with van der Waals surface area (Å²) in [5.74, 6) is -0.537. The fourth-order valence-corrected chi connectivity index (χ4v) is 4.17. The third-order valence-corrected chi connectivity index (χ3v) is 5.86. The molecule has 1 fully saturated rings. The van der Waals surface area contributed by atoms with Crippen LogP contribution in [0.25, 0.3) is 0 Å². The average Bonchev–Trinajstić information content (AvgIpc) is 2.87. The van der Waals surface area contributed by atoms with Gasteiger partial charge in [-0.15, -0.1) is 11.3 Å². The summed E-state index contributed by atoms with van der Waals surface area (Å²) in [6.07, 6.45) is 0.513. The number of carbonyl (C=O) groups excluding carboxylic acids is 1. The van der Waals surface area contributed by atoms with Crippen molar-refractivity contribution in [1.82, 2.24) is 4.72 Å². The van der Waals surface area contributed by atoms with Crippen molar-refractivity contribution in [3.63, 3.8) is 0 Å². The van der Waals surface area contributed by atoms with Gasteiger partial charge in [0.15, 0.2) is 0 Å². The molecule has 0 saturated carbocycles. The Balaban J connectivity index is 2.16. The van der Waals surface area contributed by atoms with Crippen LogP contribution in [-0.2, 0) is 19.6 Å². The number of ether oxygens (including phenoxy) is 1. The largest absolute Gasteiger partial charge is 0.380 e. The van der Waals surface area contributed by atoms with E-state index in [9.17, 15) is 13.2 Å². The molecular formula is C10H12ClNO4S2. The molecule has 1 aromatic rings. The number of hydrogen-bond donors (Lipinski definition) is 1. The number of carbonyl (C=O) groups is 1. The van der Waals surface area contributed by atoms with Gasteiger partial charge in [-0.1, -0.05) is 11.6 Å². The van der Waals surface area contributed by atoms with Crippen LogP contribution in [0.3, 0.4) is 0 Å². The highest BCUT2D eigenvalue weighted by molar-refractivity contribution is 7.92. The SMILES string of the molecule is CC1(C(=O)NS(=O)(=O)c2ccc(Cl)s2)CCOC1. The third kappa shape index (κ3) is 2.69. The molecule has 8 heteroatoms. The van der Waals surface area contributed by atoms with Gasteiger partial charge in [-0.25, -0.2) is 13.1 Å². The second-order valence-corrected chi connectivity index (χ2v) is 7.98. The summed E-state index contributed by atoms with van der Waals surface area (Å²) in [6, 6.07) is 2.85. The zero-order valence-corrected chi connectivity index (χ0v) is 12.0. The molecule has 100 valence electrons. The monoisotopic (exact) mass is 309 g/mol. The zero-order valence-electron chi connectivity index (χ0n) is 9.60. The third-order valence-electron chi connectivity index (χ3n) is 2.81. The molecule has 1 amide bonds. The van der Waals surface area contributed by atoms with Crippen molar-refractivity contribution in [3.05, 3.63) is 16.5 Å². The van der Waals surface area contributed by atoms with Crippen LogP contribution in [0.15, 0.2) is 16.3 Å². The molecule has 18 heavy (non-hydrogen) atoms. The van der Waals surface area contributed by atoms with Gasteiger partial charge in [0.25, 0.3) is 10.0 Å². The molecule has 0 bridgehead atoms. The van der Waals surface area contributed by atoms with E-state index >= 15 is 0 Å². The van der Waals surface area contributed by atoms with Gasteiger partial charge in [-0.05, 0) is 25.5 Å². The maximum atomic E-state index is 12.0. The topological polar surface area (TPSA) is 72.5 Å². The first kappa shape index (κ1) is 13.8. The molecule has 2 rings (SSSR count). The summed E-state index contributed by atoms with van der Waals surface area (Å²) in [7, 11) is -3.84. The van der Waals surface area contributed by atoms with Crippen LogP contribution in [0.4, 0.5) is 0 Å². The minimum Gasteiger partial charge on any atom is -0.380 e. The van der Waals surface area contributed by atoms with Crippen LogP contribution in [0.5, 0.6) is 0 Å². The first-order valence-corrected chi connectivity index (χ1v) is 7.92. The molecule has 5 nitrogen and oxygen atoms in total. The van der Waals surface area contributed by atoms with Gasteiger partial charge >= 0.3 is 0 Å². The summed E-state index contributed by atoms with van der Waals surface area (Å²) in [5, 5.41) is 0. The Morgan fingerprint density at radius 1 is 1.56 bits per heavy atom. The number of sulfonamides is 1. The number of nitrogens with one attached hydrogen (secondary N) is 1. The van der Waals surface area contributed by atoms with Crippen molar-refractivity contribution < 1.29 is 17.9 Å². The number of hydrogen-bond acceptors (Lipinski definition) is 5. The second-order valence-electron chi connectivity index (χ2n) is 4.36. The van der Waals surface area contributed by atoms with E-state index < -0.39 is 21.3 Å². The van der Waals surface area contributed by atoms with Crippen LogP contribution in [0.1, 0.15) is 13.3 Å². The minimum absolute atomic E-state index is 0.0309. The van der Waals surface area contributed by atoms with E-state index in [1.807, 2.05) is 0 Å². The first-order valence-electron chi connectivity index (χ1n) is 5.24. The first-order chi connectivity index (χ1) is 8.33. The molecule has 1 saturated heterocycles. The quantitative estimate of drug-likeness (QED) is 0.921. The lowest BCUT2D eigenvalue weighted by Gasteiger charge is -2.19. The van der Waals surface area contributed by atoms with Crippen LogP contribution >= 0.6 is 22.9 Å². The number of amides is 1. The Kier molecular flexibility index (Phi) is 3.68. The molecule has 2 heterocycles. The van der Waals surface area contributed by atoms with Gasteiger partial charge in [0.2, 0.25) is 5.91 Å². The molecule has 0 aromatic carbocycles. The van der Waals surface area contributed by atoms with Crippen LogP contribution < -0.4 is 4.72 Å². The second kappa shape index (κ2) is 4.80. The van der Waals surface area contributed by atoms with Gasteiger partial charge in [0.05, 0.1) is 16.4 Å². The predicted octanol–water partition coefficient (Wildman–Crippen LogP) is 1.63. The Bertz CT molecular complexity index is 560. The van der Waals surface area contributed by atoms with Gasteiger partial charge in [0.1, 0.15) is 4.21 Å². The zero-order chi connectivity index (χ0) is 13.4. The van der Waals surface area contributed by atoms with Crippen molar-refractivity contribution in [3.8, 4) is 0 Å². The molecule has 1 atom stereocenters. The molecule has 1 aliphatic heterocycles. The van der Waals surface area contributed by atoms with E-state index in [-0.39, 0.29) is 10.8 Å². The highest BCUT2D eigenvalue weighted by Crippen LogP contribution is 2.30. The van der Waals surface area contributed by atoms with Crippen molar-refractivity contribution in [2.45, 2.75) is 17.6 Å². The fraction of sp³-hybridized carbons (Fsp3) is 0.500. The van der Waals surface area contributed by atoms with E-state index in [0.717, 1.165) is 11.3 Å². The lowest BCUT2D eigenvalue weighted by atomic mass is 9.89. The smallest absolute Gasteiger partial charge is 0.273 e. The van der Waals surface area contributed by atoms with Crippen molar-refractivity contribution >= 4 is 38.9 Å². The molecule has 1 aromatic heterocycles. The van der Waals surface area contributed by atoms with Crippen LogP contribution in [0, 0.1) is 5.41 Å². The van der Waals surface area contributed by atoms with E-state index in [2.05, 4.69) is 4.72 Å². The Morgan fingerprint density at radius 2 is 2.28 bits per heavy atom. The highest BCUT2D eigenvalue weighted by Gasteiger charge is 2.39. The number of thiophene rings is 1. The lowest BCUT2D eigenvalue weighted by molar-refractivity contribution is -0.128. The number of rotatable bonds is 3. The van der Waals surface area contributed by atoms with Crippen LogP contribution in [-0.4, -0.2) is 27.5 Å². The molecule has 1 aliphatic rings. The number of halogens is 1. The molecule has 0 spiro atoms. The maximum absolute atomic E-state index is 12.0. The molecule has 1 N–H and O–H groups in total. The Morgan fingerprint density at radius 3 is 2.78 bits per heavy atom. The predicted molar refractivity (Wildman–Crippen MR) is 68.2 cm³/mol. The summed E-state index contributed by atoms with van der Waals surface area (Å²) in [5.41, 5.74) is -0.784. The Hall–Kier alpha value is -0.630. The summed E-state index contributed by atoms with van der Waals surface area (Å²) in [6.45, 7) is 2.39. The van der Waals surface area contributed by atoms with Crippen LogP contribution in [0.2, 0.25) is 4.34 Å². The Labute approximate surface area is 114 Å². The standard InChI is InChI=1S/C10H12ClNO4S2/c1-10(4-5-16-6-10)9(13)12-18(14,15)8-3-2-7(11)17-8/h2-3H,4-6H2,1H3,(H,12,13). The van der Waals surface area contributed by atoms with E-state index in [0.29, 0.717) is 17.4 Å². The van der Waals surface area contributed by atoms with E-state index in [1.165, 1.54) is 12.1 Å². The lowest BCUT2D eigenvalue weighted by Crippen LogP contribution is -2.42. The van der Waals surface area contributed by atoms with Crippen molar-refractivity contribution in [1.29, 1.82) is 0 Å². The van der Waals surface area contributed by atoms with Gasteiger partial charge < -0.3 is 4.74 Å². The highest BCUT2D eigenvalue weighted by atomic mass is 35.5. The molecule has 0 radical (unpaired) electrons. The van der Waals surface area contributed by atoms with E-state index in [4.69, 9.17) is 16.3 Å². The van der Waals surface area contributed by atoms with Gasteiger partial charge in [-0.2, -0.15) is 0 Å².